The molecule has 2 unspecified atom stereocenters. The number of unbranched alkanes of at least 4 members (excludes halogenated alkanes) is 2. The second-order valence-corrected chi connectivity index (χ2v) is 5.36. The first-order chi connectivity index (χ1) is 7.26. The Bertz CT molecular complexity index is 204. The molecule has 0 fully saturated rings. The van der Waals surface area contributed by atoms with Crippen LogP contribution in [0.5, 0.6) is 0 Å². The van der Waals surface area contributed by atoms with Crippen LogP contribution in [0.15, 0.2) is 4.99 Å². The van der Waals surface area contributed by atoms with E-state index in [9.17, 15) is 0 Å². The van der Waals surface area contributed by atoms with Crippen LogP contribution in [-0.2, 0) is 0 Å². The van der Waals surface area contributed by atoms with Crippen LogP contribution in [0.2, 0.25) is 0 Å². The van der Waals surface area contributed by atoms with E-state index < -0.39 is 0 Å². The smallest absolute Gasteiger partial charge is 0.157 e. The minimum Gasteiger partial charge on any atom is -0.362 e. The molecule has 0 aromatic rings. The molecule has 1 aliphatic rings. The number of amidine groups is 1. The molecule has 0 amide bonds. The number of hydrogen-bond acceptors (Lipinski definition) is 3. The highest BCUT2D eigenvalue weighted by Crippen LogP contribution is 2.19. The summed E-state index contributed by atoms with van der Waals surface area (Å²) >= 11 is 1.88. The van der Waals surface area contributed by atoms with Gasteiger partial charge in [0.2, 0.25) is 0 Å². The summed E-state index contributed by atoms with van der Waals surface area (Å²) in [5.41, 5.74) is 0. The van der Waals surface area contributed by atoms with Crippen LogP contribution in [0.1, 0.15) is 52.9 Å². The first-order valence-electron chi connectivity index (χ1n) is 6.23. The van der Waals surface area contributed by atoms with Crippen molar-refractivity contribution in [1.29, 1.82) is 0 Å². The average molecular weight is 228 g/mol. The van der Waals surface area contributed by atoms with Crippen LogP contribution in [0.25, 0.3) is 0 Å². The van der Waals surface area contributed by atoms with Crippen LogP contribution in [-0.4, -0.2) is 23.0 Å². The van der Waals surface area contributed by atoms with Crippen molar-refractivity contribution >= 4 is 16.9 Å². The van der Waals surface area contributed by atoms with Crippen molar-refractivity contribution in [3.05, 3.63) is 0 Å². The van der Waals surface area contributed by atoms with Gasteiger partial charge in [0.25, 0.3) is 0 Å². The van der Waals surface area contributed by atoms with Gasteiger partial charge in [-0.05, 0) is 19.8 Å². The molecule has 0 aromatic carbocycles. The van der Waals surface area contributed by atoms with E-state index in [-0.39, 0.29) is 0 Å². The monoisotopic (exact) mass is 228 g/mol. The fourth-order valence-electron chi connectivity index (χ4n) is 1.69. The molecule has 2 nitrogen and oxygen atoms in total. The van der Waals surface area contributed by atoms with Crippen molar-refractivity contribution in [1.82, 2.24) is 5.32 Å². The Balaban J connectivity index is 2.17. The fourth-order valence-corrected chi connectivity index (χ4v) is 2.86. The van der Waals surface area contributed by atoms with Crippen molar-refractivity contribution in [2.24, 2.45) is 4.99 Å². The average Bonchev–Trinajstić information content (AvgIpc) is 2.66. The van der Waals surface area contributed by atoms with Crippen LogP contribution in [0.4, 0.5) is 0 Å². The van der Waals surface area contributed by atoms with E-state index in [1.54, 1.807) is 0 Å². The number of thioether (sulfide) groups is 1. The van der Waals surface area contributed by atoms with Gasteiger partial charge in [-0.15, -0.1) is 0 Å². The van der Waals surface area contributed by atoms with E-state index in [1.165, 1.54) is 43.0 Å². The standard InChI is InChI=1S/C12H24N2S/c1-4-6-7-8-10(3)13-12-14-11(5-2)9-15-12/h10-11H,4-9H2,1-3H3,(H,13,14). The predicted octanol–water partition coefficient (Wildman–Crippen LogP) is 3.43. The van der Waals surface area contributed by atoms with E-state index in [0.29, 0.717) is 12.1 Å². The zero-order valence-electron chi connectivity index (χ0n) is 10.3. The van der Waals surface area contributed by atoms with Gasteiger partial charge in [0.05, 0.1) is 6.04 Å². The van der Waals surface area contributed by atoms with Gasteiger partial charge in [-0.1, -0.05) is 44.9 Å². The molecule has 0 aliphatic carbocycles. The Morgan fingerprint density at radius 3 is 2.87 bits per heavy atom. The summed E-state index contributed by atoms with van der Waals surface area (Å²) in [4.78, 5) is 4.64. The summed E-state index contributed by atoms with van der Waals surface area (Å²) < 4.78 is 0. The molecule has 1 aliphatic heterocycles. The van der Waals surface area contributed by atoms with E-state index in [4.69, 9.17) is 0 Å². The number of nitrogens with one attached hydrogen (secondary N) is 1. The van der Waals surface area contributed by atoms with Crippen molar-refractivity contribution < 1.29 is 0 Å². The van der Waals surface area contributed by atoms with Crippen molar-refractivity contribution in [2.75, 3.05) is 5.75 Å². The highest BCUT2D eigenvalue weighted by molar-refractivity contribution is 8.14. The van der Waals surface area contributed by atoms with Gasteiger partial charge in [0, 0.05) is 11.8 Å². The largest absolute Gasteiger partial charge is 0.362 e. The molecular weight excluding hydrogens is 204 g/mol. The van der Waals surface area contributed by atoms with E-state index in [2.05, 4.69) is 31.1 Å². The van der Waals surface area contributed by atoms with Crippen molar-refractivity contribution in [3.63, 3.8) is 0 Å². The Morgan fingerprint density at radius 1 is 1.47 bits per heavy atom. The van der Waals surface area contributed by atoms with Crippen LogP contribution in [0, 0.1) is 0 Å². The maximum atomic E-state index is 4.64. The van der Waals surface area contributed by atoms with E-state index in [1.807, 2.05) is 11.8 Å². The lowest BCUT2D eigenvalue weighted by molar-refractivity contribution is 0.555. The van der Waals surface area contributed by atoms with E-state index in [0.717, 1.165) is 0 Å². The normalized spacial score (nSPS) is 22.6. The zero-order valence-corrected chi connectivity index (χ0v) is 11.1. The molecule has 1 rings (SSSR count). The summed E-state index contributed by atoms with van der Waals surface area (Å²) in [5, 5.41) is 4.69. The summed E-state index contributed by atoms with van der Waals surface area (Å²) in [6.07, 6.45) is 6.43. The second-order valence-electron chi connectivity index (χ2n) is 4.35. The van der Waals surface area contributed by atoms with Gasteiger partial charge in [0.15, 0.2) is 5.17 Å². The third-order valence-electron chi connectivity index (χ3n) is 2.79. The number of rotatable bonds is 6. The number of nitrogens with zero attached hydrogens (tertiary/aromatic N) is 1. The van der Waals surface area contributed by atoms with Gasteiger partial charge in [-0.25, -0.2) is 0 Å². The molecule has 0 saturated heterocycles. The van der Waals surface area contributed by atoms with Gasteiger partial charge >= 0.3 is 0 Å². The predicted molar refractivity (Wildman–Crippen MR) is 70.7 cm³/mol. The minimum atomic E-state index is 0.556. The minimum absolute atomic E-state index is 0.556. The molecule has 0 saturated carbocycles. The molecule has 1 heterocycles. The molecule has 0 aromatic heterocycles. The lowest BCUT2D eigenvalue weighted by Gasteiger charge is -2.13. The van der Waals surface area contributed by atoms with Gasteiger partial charge in [-0.3, -0.25) is 4.99 Å². The van der Waals surface area contributed by atoms with Gasteiger partial charge in [-0.2, -0.15) is 0 Å². The van der Waals surface area contributed by atoms with Crippen LogP contribution < -0.4 is 5.32 Å². The highest BCUT2D eigenvalue weighted by Gasteiger charge is 2.17. The molecule has 0 spiro atoms. The quantitative estimate of drug-likeness (QED) is 0.704. The first kappa shape index (κ1) is 12.9. The summed E-state index contributed by atoms with van der Waals surface area (Å²) in [7, 11) is 0. The van der Waals surface area contributed by atoms with E-state index >= 15 is 0 Å². The highest BCUT2D eigenvalue weighted by atomic mass is 32.2. The Kier molecular flexibility index (Phi) is 6.15. The Morgan fingerprint density at radius 2 is 2.27 bits per heavy atom. The maximum absolute atomic E-state index is 4.64. The summed E-state index contributed by atoms with van der Waals surface area (Å²) in [6.45, 7) is 6.72. The van der Waals surface area contributed by atoms with Gasteiger partial charge < -0.3 is 5.32 Å². The first-order valence-corrected chi connectivity index (χ1v) is 7.22. The third-order valence-corrected chi connectivity index (χ3v) is 3.84. The lowest BCUT2D eigenvalue weighted by atomic mass is 10.1. The summed E-state index contributed by atoms with van der Waals surface area (Å²) in [6, 6.07) is 1.14. The molecule has 1 N–H and O–H groups in total. The Labute approximate surface area is 98.3 Å². The molecule has 88 valence electrons. The van der Waals surface area contributed by atoms with Crippen molar-refractivity contribution in [2.45, 2.75) is 65.0 Å². The maximum Gasteiger partial charge on any atom is 0.157 e. The molecule has 15 heavy (non-hydrogen) atoms. The molecule has 2 atom stereocenters. The molecular formula is C12H24N2S. The van der Waals surface area contributed by atoms with Crippen molar-refractivity contribution in [3.8, 4) is 0 Å². The number of hydrogen-bond donors (Lipinski definition) is 1. The number of aliphatic imine (C=N–C) groups is 1. The molecule has 0 bridgehead atoms. The van der Waals surface area contributed by atoms with Crippen LogP contribution >= 0.6 is 11.8 Å². The molecule has 3 heteroatoms. The topological polar surface area (TPSA) is 24.4 Å². The summed E-state index contributed by atoms with van der Waals surface area (Å²) in [5.74, 6) is 1.17. The van der Waals surface area contributed by atoms with Crippen LogP contribution in [0.3, 0.4) is 0 Å². The third kappa shape index (κ3) is 4.92. The SMILES string of the molecule is CCCCCC(C)NC1=NC(CC)CS1. The fraction of sp³-hybridized carbons (Fsp3) is 0.917. The molecule has 0 radical (unpaired) electrons. The Hall–Kier alpha value is -0.180. The second kappa shape index (κ2) is 7.15. The van der Waals surface area contributed by atoms with Gasteiger partial charge in [0.1, 0.15) is 0 Å². The lowest BCUT2D eigenvalue weighted by Crippen LogP contribution is -2.29. The zero-order chi connectivity index (χ0) is 11.1.